The number of anilines is 2. The van der Waals surface area contributed by atoms with Crippen molar-refractivity contribution in [2.75, 3.05) is 25.3 Å². The lowest BCUT2D eigenvalue weighted by Crippen LogP contribution is -2.13. The summed E-state index contributed by atoms with van der Waals surface area (Å²) in [7, 11) is 3.05. The third-order valence-electron chi connectivity index (χ3n) is 2.71. The number of aromatic nitrogens is 1. The van der Waals surface area contributed by atoms with Gasteiger partial charge in [-0.15, -0.1) is 0 Å². The Kier molecular flexibility index (Phi) is 4.49. The van der Waals surface area contributed by atoms with E-state index in [2.05, 4.69) is 10.3 Å². The van der Waals surface area contributed by atoms with E-state index < -0.39 is 5.91 Å². The quantitative estimate of drug-likeness (QED) is 0.848. The summed E-state index contributed by atoms with van der Waals surface area (Å²) in [5.74, 6) is 0.693. The summed E-state index contributed by atoms with van der Waals surface area (Å²) >= 11 is 5.90. The third-order valence-corrected chi connectivity index (χ3v) is 3.02. The molecule has 0 radical (unpaired) electrons. The van der Waals surface area contributed by atoms with Crippen molar-refractivity contribution in [2.45, 2.75) is 0 Å². The number of nitrogens with two attached hydrogens (primary N) is 1. The zero-order valence-electron chi connectivity index (χ0n) is 11.5. The maximum Gasteiger partial charge on any atom is 0.258 e. The molecule has 0 bridgehead atoms. The first-order valence-electron chi connectivity index (χ1n) is 5.99. The summed E-state index contributed by atoms with van der Waals surface area (Å²) in [4.78, 5) is 16.1. The van der Waals surface area contributed by atoms with Crippen LogP contribution in [0.4, 0.5) is 11.4 Å². The van der Waals surface area contributed by atoms with Gasteiger partial charge in [0.05, 0.1) is 31.7 Å². The highest BCUT2D eigenvalue weighted by atomic mass is 35.5. The van der Waals surface area contributed by atoms with Crippen LogP contribution in [0, 0.1) is 0 Å². The molecule has 1 heterocycles. The molecule has 2 rings (SSSR count). The molecule has 3 N–H and O–H groups in total. The third kappa shape index (κ3) is 3.55. The van der Waals surface area contributed by atoms with Gasteiger partial charge in [0, 0.05) is 23.9 Å². The van der Waals surface area contributed by atoms with Crippen molar-refractivity contribution in [1.82, 2.24) is 4.98 Å². The summed E-state index contributed by atoms with van der Waals surface area (Å²) in [5, 5.41) is 2.78. The zero-order valence-corrected chi connectivity index (χ0v) is 12.3. The van der Waals surface area contributed by atoms with Crippen LogP contribution in [-0.2, 0) is 0 Å². The number of rotatable bonds is 4. The summed E-state index contributed by atoms with van der Waals surface area (Å²) in [6.45, 7) is 0. The average Bonchev–Trinajstić information content (AvgIpc) is 2.49. The molecule has 0 aliphatic carbocycles. The number of carbonyl (C=O) groups excluding carboxylic acids is 1. The number of hydrogen-bond acceptors (Lipinski definition) is 5. The van der Waals surface area contributed by atoms with Gasteiger partial charge in [0.1, 0.15) is 16.7 Å². The van der Waals surface area contributed by atoms with Gasteiger partial charge in [-0.2, -0.15) is 0 Å². The molecule has 0 atom stereocenters. The Labute approximate surface area is 126 Å². The van der Waals surface area contributed by atoms with Crippen molar-refractivity contribution < 1.29 is 14.3 Å². The number of amides is 1. The van der Waals surface area contributed by atoms with Gasteiger partial charge in [-0.3, -0.25) is 4.79 Å². The average molecular weight is 308 g/mol. The van der Waals surface area contributed by atoms with Crippen LogP contribution >= 0.6 is 11.6 Å². The molecule has 7 heteroatoms. The first-order chi connectivity index (χ1) is 10.0. The number of pyridine rings is 1. The molecule has 0 unspecified atom stereocenters. The van der Waals surface area contributed by atoms with E-state index in [0.29, 0.717) is 22.9 Å². The number of ether oxygens (including phenoxy) is 2. The second kappa shape index (κ2) is 6.32. The lowest BCUT2D eigenvalue weighted by molar-refractivity contribution is 0.102. The van der Waals surface area contributed by atoms with Crippen LogP contribution in [0.15, 0.2) is 30.5 Å². The summed E-state index contributed by atoms with van der Waals surface area (Å²) < 4.78 is 10.3. The van der Waals surface area contributed by atoms with Crippen molar-refractivity contribution in [3.8, 4) is 11.5 Å². The molecule has 0 aliphatic heterocycles. The predicted octanol–water partition coefficient (Wildman–Crippen LogP) is 2.59. The smallest absolute Gasteiger partial charge is 0.258 e. The van der Waals surface area contributed by atoms with Gasteiger partial charge in [0.15, 0.2) is 0 Å². The van der Waals surface area contributed by atoms with Crippen LogP contribution in [0.3, 0.4) is 0 Å². The SMILES string of the molecule is COc1cc(NC(=O)c2cc(N)cnc2Cl)cc(OC)c1. The van der Waals surface area contributed by atoms with E-state index in [1.54, 1.807) is 18.2 Å². The number of nitrogen functional groups attached to an aromatic ring is 1. The van der Waals surface area contributed by atoms with E-state index in [0.717, 1.165) is 0 Å². The molecule has 1 aromatic carbocycles. The standard InChI is InChI=1S/C14H14ClN3O3/c1-20-10-4-9(5-11(6-10)21-2)18-14(19)12-3-8(16)7-17-13(12)15/h3-7H,16H2,1-2H3,(H,18,19). The Balaban J connectivity index is 2.28. The van der Waals surface area contributed by atoms with Crippen molar-refractivity contribution in [1.29, 1.82) is 0 Å². The Bertz CT molecular complexity index is 654. The normalized spacial score (nSPS) is 10.0. The highest BCUT2D eigenvalue weighted by molar-refractivity contribution is 6.33. The van der Waals surface area contributed by atoms with E-state index in [1.807, 2.05) is 0 Å². The van der Waals surface area contributed by atoms with Gasteiger partial charge in [-0.05, 0) is 6.07 Å². The summed E-state index contributed by atoms with van der Waals surface area (Å²) in [6.07, 6.45) is 1.38. The molecule has 1 aromatic heterocycles. The maximum atomic E-state index is 12.2. The van der Waals surface area contributed by atoms with Crippen LogP contribution in [-0.4, -0.2) is 25.1 Å². The topological polar surface area (TPSA) is 86.5 Å². The maximum absolute atomic E-state index is 12.2. The van der Waals surface area contributed by atoms with Gasteiger partial charge in [0.2, 0.25) is 0 Å². The number of nitrogens with zero attached hydrogens (tertiary/aromatic N) is 1. The Morgan fingerprint density at radius 1 is 1.19 bits per heavy atom. The van der Waals surface area contributed by atoms with Crippen LogP contribution < -0.4 is 20.5 Å². The number of hydrogen-bond donors (Lipinski definition) is 2. The molecular formula is C14H14ClN3O3. The molecule has 6 nitrogen and oxygen atoms in total. The van der Waals surface area contributed by atoms with E-state index in [4.69, 9.17) is 26.8 Å². The Hall–Kier alpha value is -2.47. The predicted molar refractivity (Wildman–Crippen MR) is 81.2 cm³/mol. The van der Waals surface area contributed by atoms with E-state index in [1.165, 1.54) is 26.5 Å². The minimum Gasteiger partial charge on any atom is -0.497 e. The van der Waals surface area contributed by atoms with Gasteiger partial charge >= 0.3 is 0 Å². The molecule has 0 spiro atoms. The van der Waals surface area contributed by atoms with Crippen LogP contribution in [0.2, 0.25) is 5.15 Å². The molecule has 0 saturated heterocycles. The number of halogens is 1. The van der Waals surface area contributed by atoms with E-state index in [-0.39, 0.29) is 10.7 Å². The largest absolute Gasteiger partial charge is 0.497 e. The lowest BCUT2D eigenvalue weighted by Gasteiger charge is -2.10. The Morgan fingerprint density at radius 2 is 1.81 bits per heavy atom. The number of nitrogens with one attached hydrogen (secondary N) is 1. The number of benzene rings is 1. The van der Waals surface area contributed by atoms with Crippen molar-refractivity contribution in [3.63, 3.8) is 0 Å². The molecule has 0 fully saturated rings. The fourth-order valence-corrected chi connectivity index (χ4v) is 1.89. The van der Waals surface area contributed by atoms with Crippen LogP contribution in [0.1, 0.15) is 10.4 Å². The number of carbonyl (C=O) groups is 1. The molecule has 0 saturated carbocycles. The Morgan fingerprint density at radius 3 is 2.38 bits per heavy atom. The lowest BCUT2D eigenvalue weighted by atomic mass is 10.2. The molecule has 0 aliphatic rings. The van der Waals surface area contributed by atoms with E-state index in [9.17, 15) is 4.79 Å². The minimum atomic E-state index is -0.421. The summed E-state index contributed by atoms with van der Waals surface area (Å²) in [6, 6.07) is 6.48. The first kappa shape index (κ1) is 14.9. The fourth-order valence-electron chi connectivity index (χ4n) is 1.70. The second-order valence-electron chi connectivity index (χ2n) is 4.16. The van der Waals surface area contributed by atoms with Gasteiger partial charge in [-0.25, -0.2) is 4.98 Å². The van der Waals surface area contributed by atoms with Crippen molar-refractivity contribution >= 4 is 28.9 Å². The fraction of sp³-hybridized carbons (Fsp3) is 0.143. The molecule has 110 valence electrons. The second-order valence-corrected chi connectivity index (χ2v) is 4.52. The first-order valence-corrected chi connectivity index (χ1v) is 6.36. The van der Waals surface area contributed by atoms with E-state index >= 15 is 0 Å². The van der Waals surface area contributed by atoms with Gasteiger partial charge in [-0.1, -0.05) is 11.6 Å². The molecular weight excluding hydrogens is 294 g/mol. The van der Waals surface area contributed by atoms with Crippen molar-refractivity contribution in [2.24, 2.45) is 0 Å². The van der Waals surface area contributed by atoms with Gasteiger partial charge in [0.25, 0.3) is 5.91 Å². The van der Waals surface area contributed by atoms with Gasteiger partial charge < -0.3 is 20.5 Å². The number of methoxy groups -OCH3 is 2. The summed E-state index contributed by atoms with van der Waals surface area (Å²) in [5.41, 5.74) is 6.67. The molecule has 1 amide bonds. The zero-order chi connectivity index (χ0) is 15.4. The highest BCUT2D eigenvalue weighted by Gasteiger charge is 2.13. The highest BCUT2D eigenvalue weighted by Crippen LogP contribution is 2.26. The molecule has 2 aromatic rings. The minimum absolute atomic E-state index is 0.0801. The van der Waals surface area contributed by atoms with Crippen molar-refractivity contribution in [3.05, 3.63) is 41.2 Å². The van der Waals surface area contributed by atoms with Crippen LogP contribution in [0.25, 0.3) is 0 Å². The molecule has 21 heavy (non-hydrogen) atoms. The van der Waals surface area contributed by atoms with Crippen LogP contribution in [0.5, 0.6) is 11.5 Å². The monoisotopic (exact) mass is 307 g/mol.